The van der Waals surface area contributed by atoms with Gasteiger partial charge in [-0.15, -0.1) is 0 Å². The first-order valence-electron chi connectivity index (χ1n) is 6.60. The Bertz CT molecular complexity index is 564. The molecule has 1 aliphatic heterocycles. The minimum absolute atomic E-state index is 0.127. The van der Waals surface area contributed by atoms with E-state index in [1.165, 1.54) is 12.1 Å². The molecule has 0 bridgehead atoms. The summed E-state index contributed by atoms with van der Waals surface area (Å²) in [7, 11) is 0. The normalized spacial score (nSPS) is 20.8. The van der Waals surface area contributed by atoms with Crippen molar-refractivity contribution in [1.29, 1.82) is 0 Å². The number of urea groups is 1. The Kier molecular flexibility index (Phi) is 3.17. The molecule has 1 saturated heterocycles. The van der Waals surface area contributed by atoms with Crippen molar-refractivity contribution in [1.82, 2.24) is 10.2 Å². The van der Waals surface area contributed by atoms with Crippen molar-refractivity contribution in [3.8, 4) is 0 Å². The smallest absolute Gasteiger partial charge is 0.323 e. The van der Waals surface area contributed by atoms with Crippen molar-refractivity contribution in [2.45, 2.75) is 37.8 Å². The van der Waals surface area contributed by atoms with Gasteiger partial charge in [0.1, 0.15) is 11.4 Å². The van der Waals surface area contributed by atoms with Crippen LogP contribution in [-0.4, -0.2) is 22.4 Å². The summed E-state index contributed by atoms with van der Waals surface area (Å²) in [5.74, 6) is -0.773. The van der Waals surface area contributed by atoms with Gasteiger partial charge < -0.3 is 5.32 Å². The van der Waals surface area contributed by atoms with Gasteiger partial charge in [-0.1, -0.05) is 30.5 Å². The average molecular weight is 297 g/mol. The summed E-state index contributed by atoms with van der Waals surface area (Å²) in [5, 5.41) is 2.98. The van der Waals surface area contributed by atoms with Gasteiger partial charge >= 0.3 is 6.03 Å². The molecule has 2 aliphatic rings. The summed E-state index contributed by atoms with van der Waals surface area (Å²) < 4.78 is 13.8. The fourth-order valence-electron chi connectivity index (χ4n) is 2.98. The number of benzene rings is 1. The van der Waals surface area contributed by atoms with Crippen LogP contribution in [0.5, 0.6) is 0 Å². The molecule has 2 fully saturated rings. The topological polar surface area (TPSA) is 49.4 Å². The second kappa shape index (κ2) is 4.74. The summed E-state index contributed by atoms with van der Waals surface area (Å²) >= 11 is 5.94. The molecule has 1 aliphatic carbocycles. The molecule has 0 unspecified atom stereocenters. The van der Waals surface area contributed by atoms with Crippen molar-refractivity contribution in [2.24, 2.45) is 0 Å². The number of halogens is 2. The molecule has 1 saturated carbocycles. The van der Waals surface area contributed by atoms with E-state index in [-0.39, 0.29) is 23.0 Å². The number of amides is 3. The highest BCUT2D eigenvalue weighted by atomic mass is 35.5. The van der Waals surface area contributed by atoms with Gasteiger partial charge in [0.2, 0.25) is 0 Å². The van der Waals surface area contributed by atoms with E-state index in [2.05, 4.69) is 5.32 Å². The van der Waals surface area contributed by atoms with E-state index >= 15 is 0 Å². The zero-order chi connectivity index (χ0) is 14.3. The predicted molar refractivity (Wildman–Crippen MR) is 71.7 cm³/mol. The van der Waals surface area contributed by atoms with Crippen LogP contribution in [0.4, 0.5) is 9.18 Å². The standard InChI is InChI=1S/C14H14ClFN2O2/c15-10-4-3-5-11(16)9(10)8-18-12(19)14(17-13(18)20)6-1-2-7-14/h3-5H,1-2,6-8H2,(H,17,20). The molecule has 0 aromatic heterocycles. The Labute approximate surface area is 120 Å². The molecule has 3 amide bonds. The zero-order valence-electron chi connectivity index (χ0n) is 10.8. The Balaban J connectivity index is 1.88. The second-order valence-electron chi connectivity index (χ2n) is 5.31. The lowest BCUT2D eigenvalue weighted by Crippen LogP contribution is -2.44. The first kappa shape index (κ1) is 13.4. The number of nitrogens with zero attached hydrogens (tertiary/aromatic N) is 1. The molecular formula is C14H14ClFN2O2. The third-order valence-corrected chi connectivity index (χ3v) is 4.44. The minimum Gasteiger partial charge on any atom is -0.323 e. The fraction of sp³-hybridized carbons (Fsp3) is 0.429. The number of hydrogen-bond acceptors (Lipinski definition) is 2. The number of carbonyl (C=O) groups excluding carboxylic acids is 2. The van der Waals surface area contributed by atoms with E-state index in [4.69, 9.17) is 11.6 Å². The minimum atomic E-state index is -0.769. The van der Waals surface area contributed by atoms with Gasteiger partial charge in [-0.05, 0) is 25.0 Å². The molecular weight excluding hydrogens is 283 g/mol. The largest absolute Gasteiger partial charge is 0.325 e. The summed E-state index contributed by atoms with van der Waals surface area (Å²) in [6.45, 7) is -0.127. The maximum atomic E-state index is 13.8. The van der Waals surface area contributed by atoms with E-state index in [1.54, 1.807) is 6.07 Å². The average Bonchev–Trinajstić information content (AvgIpc) is 2.95. The fourth-order valence-corrected chi connectivity index (χ4v) is 3.20. The zero-order valence-corrected chi connectivity index (χ0v) is 11.5. The van der Waals surface area contributed by atoms with Crippen LogP contribution in [0.15, 0.2) is 18.2 Å². The van der Waals surface area contributed by atoms with Crippen LogP contribution in [0.1, 0.15) is 31.2 Å². The highest BCUT2D eigenvalue weighted by Crippen LogP contribution is 2.36. The second-order valence-corrected chi connectivity index (χ2v) is 5.72. The first-order chi connectivity index (χ1) is 9.53. The van der Waals surface area contributed by atoms with Crippen LogP contribution in [0.3, 0.4) is 0 Å². The number of rotatable bonds is 2. The predicted octanol–water partition coefficient (Wildman–Crippen LogP) is 2.84. The molecule has 4 nitrogen and oxygen atoms in total. The lowest BCUT2D eigenvalue weighted by atomic mass is 9.98. The van der Waals surface area contributed by atoms with Crippen molar-refractivity contribution < 1.29 is 14.0 Å². The molecule has 6 heteroatoms. The van der Waals surface area contributed by atoms with Gasteiger partial charge in [0.25, 0.3) is 5.91 Å². The Morgan fingerprint density at radius 1 is 1.30 bits per heavy atom. The Hall–Kier alpha value is -1.62. The number of imide groups is 1. The van der Waals surface area contributed by atoms with Crippen molar-refractivity contribution in [3.05, 3.63) is 34.6 Å². The third-order valence-electron chi connectivity index (χ3n) is 4.08. The third kappa shape index (κ3) is 1.97. The highest BCUT2D eigenvalue weighted by molar-refractivity contribution is 6.31. The van der Waals surface area contributed by atoms with Crippen LogP contribution < -0.4 is 5.32 Å². The van der Waals surface area contributed by atoms with Crippen LogP contribution in [0, 0.1) is 5.82 Å². The summed E-state index contributed by atoms with van der Waals surface area (Å²) in [6.07, 6.45) is 3.14. The van der Waals surface area contributed by atoms with Crippen LogP contribution >= 0.6 is 11.6 Å². The van der Waals surface area contributed by atoms with Gasteiger partial charge in [0.15, 0.2) is 0 Å². The Morgan fingerprint density at radius 3 is 2.65 bits per heavy atom. The maximum absolute atomic E-state index is 13.8. The molecule has 106 valence electrons. The lowest BCUT2D eigenvalue weighted by Gasteiger charge is -2.20. The SMILES string of the molecule is O=C1NC2(CCCC2)C(=O)N1Cc1c(F)cccc1Cl. The van der Waals surface area contributed by atoms with Crippen LogP contribution in [-0.2, 0) is 11.3 Å². The summed E-state index contributed by atoms with van der Waals surface area (Å²) in [4.78, 5) is 25.5. The molecule has 1 spiro atoms. The van der Waals surface area contributed by atoms with Gasteiger partial charge in [0, 0.05) is 10.6 Å². The molecule has 1 N–H and O–H groups in total. The lowest BCUT2D eigenvalue weighted by molar-refractivity contribution is -0.131. The van der Waals surface area contributed by atoms with E-state index in [0.717, 1.165) is 17.7 Å². The van der Waals surface area contributed by atoms with E-state index in [9.17, 15) is 14.0 Å². The Morgan fingerprint density at radius 2 is 2.00 bits per heavy atom. The van der Waals surface area contributed by atoms with Gasteiger partial charge in [-0.3, -0.25) is 9.69 Å². The quantitative estimate of drug-likeness (QED) is 0.853. The summed E-state index contributed by atoms with van der Waals surface area (Å²) in [5.41, 5.74) is -0.595. The van der Waals surface area contributed by atoms with Crippen LogP contribution in [0.25, 0.3) is 0 Å². The van der Waals surface area contributed by atoms with Gasteiger partial charge in [-0.25, -0.2) is 9.18 Å². The molecule has 20 heavy (non-hydrogen) atoms. The van der Waals surface area contributed by atoms with Crippen molar-refractivity contribution in [3.63, 3.8) is 0 Å². The summed E-state index contributed by atoms with van der Waals surface area (Å²) in [6, 6.07) is 3.84. The van der Waals surface area contributed by atoms with Crippen molar-refractivity contribution in [2.75, 3.05) is 0 Å². The van der Waals surface area contributed by atoms with E-state index in [0.29, 0.717) is 12.8 Å². The van der Waals surface area contributed by atoms with E-state index < -0.39 is 17.4 Å². The number of carbonyl (C=O) groups is 2. The molecule has 1 aromatic rings. The molecule has 1 aromatic carbocycles. The monoisotopic (exact) mass is 296 g/mol. The highest BCUT2D eigenvalue weighted by Gasteiger charge is 2.52. The van der Waals surface area contributed by atoms with Crippen LogP contribution in [0.2, 0.25) is 5.02 Å². The molecule has 0 atom stereocenters. The van der Waals surface area contributed by atoms with Crippen molar-refractivity contribution >= 4 is 23.5 Å². The van der Waals surface area contributed by atoms with Gasteiger partial charge in [0.05, 0.1) is 6.54 Å². The maximum Gasteiger partial charge on any atom is 0.325 e. The number of nitrogens with one attached hydrogen (secondary N) is 1. The number of hydrogen-bond donors (Lipinski definition) is 1. The molecule has 0 radical (unpaired) electrons. The van der Waals surface area contributed by atoms with Gasteiger partial charge in [-0.2, -0.15) is 0 Å². The van der Waals surface area contributed by atoms with E-state index in [1.807, 2.05) is 0 Å². The molecule has 3 rings (SSSR count). The molecule has 1 heterocycles. The first-order valence-corrected chi connectivity index (χ1v) is 6.98.